The number of rotatable bonds is 6. The van der Waals surface area contributed by atoms with Crippen molar-refractivity contribution < 1.29 is 9.53 Å². The minimum absolute atomic E-state index is 0.0273. The van der Waals surface area contributed by atoms with Crippen molar-refractivity contribution in [2.24, 2.45) is 0 Å². The van der Waals surface area contributed by atoms with Crippen LogP contribution in [0.15, 0.2) is 40.9 Å². The Balaban J connectivity index is 2.51. The number of amides is 1. The van der Waals surface area contributed by atoms with Crippen LogP contribution in [0.4, 0.5) is 0 Å². The first-order chi connectivity index (χ1) is 8.52. The van der Waals surface area contributed by atoms with Crippen molar-refractivity contribution in [1.82, 2.24) is 4.90 Å². The Morgan fingerprint density at radius 1 is 1.50 bits per heavy atom. The van der Waals surface area contributed by atoms with Crippen LogP contribution in [0.1, 0.15) is 13.8 Å². The number of nitrogens with zero attached hydrogens (tertiary/aromatic N) is 1. The van der Waals surface area contributed by atoms with Crippen molar-refractivity contribution in [2.75, 3.05) is 19.7 Å². The second kappa shape index (κ2) is 7.21. The molecule has 0 spiro atoms. The van der Waals surface area contributed by atoms with Crippen molar-refractivity contribution in [3.8, 4) is 5.75 Å². The maximum Gasteiger partial charge on any atom is 0.260 e. The van der Waals surface area contributed by atoms with Crippen LogP contribution in [0.25, 0.3) is 0 Å². The summed E-state index contributed by atoms with van der Waals surface area (Å²) in [5, 5.41) is 0. The first kappa shape index (κ1) is 14.8. The molecular formula is C14H18BrNO2. The first-order valence-corrected chi connectivity index (χ1v) is 6.62. The van der Waals surface area contributed by atoms with E-state index in [0.717, 1.165) is 10.0 Å². The molecule has 1 aromatic rings. The van der Waals surface area contributed by atoms with E-state index in [1.54, 1.807) is 4.90 Å². The summed E-state index contributed by atoms with van der Waals surface area (Å²) >= 11 is 3.36. The molecule has 98 valence electrons. The van der Waals surface area contributed by atoms with E-state index in [2.05, 4.69) is 22.5 Å². The molecule has 0 radical (unpaired) electrons. The lowest BCUT2D eigenvalue weighted by Gasteiger charge is -2.21. The minimum atomic E-state index is -0.0273. The van der Waals surface area contributed by atoms with Gasteiger partial charge in [0, 0.05) is 17.6 Å². The molecule has 0 aromatic heterocycles. The Morgan fingerprint density at radius 2 is 2.22 bits per heavy atom. The molecular weight excluding hydrogens is 294 g/mol. The second-order valence-electron chi connectivity index (χ2n) is 4.11. The molecule has 1 amide bonds. The van der Waals surface area contributed by atoms with Crippen LogP contribution in [-0.2, 0) is 4.79 Å². The molecule has 0 aliphatic carbocycles. The van der Waals surface area contributed by atoms with Crippen molar-refractivity contribution in [1.29, 1.82) is 0 Å². The zero-order valence-electron chi connectivity index (χ0n) is 10.8. The number of likely N-dealkylation sites (N-methyl/N-ethyl adjacent to an activating group) is 1. The zero-order valence-corrected chi connectivity index (χ0v) is 12.4. The van der Waals surface area contributed by atoms with Crippen LogP contribution in [-0.4, -0.2) is 30.5 Å². The van der Waals surface area contributed by atoms with E-state index in [9.17, 15) is 4.79 Å². The van der Waals surface area contributed by atoms with E-state index >= 15 is 0 Å². The summed E-state index contributed by atoms with van der Waals surface area (Å²) < 4.78 is 6.39. The summed E-state index contributed by atoms with van der Waals surface area (Å²) in [7, 11) is 0. The molecule has 1 aromatic carbocycles. The highest BCUT2D eigenvalue weighted by Gasteiger charge is 2.12. The summed E-state index contributed by atoms with van der Waals surface area (Å²) in [6, 6.07) is 7.44. The molecule has 0 saturated heterocycles. The second-order valence-corrected chi connectivity index (χ2v) is 5.03. The van der Waals surface area contributed by atoms with Gasteiger partial charge in [-0.1, -0.05) is 34.1 Å². The first-order valence-electron chi connectivity index (χ1n) is 5.83. The summed E-state index contributed by atoms with van der Waals surface area (Å²) in [4.78, 5) is 13.6. The van der Waals surface area contributed by atoms with E-state index in [-0.39, 0.29) is 12.5 Å². The van der Waals surface area contributed by atoms with Crippen LogP contribution in [0, 0.1) is 0 Å². The average molecular weight is 312 g/mol. The fourth-order valence-corrected chi connectivity index (χ4v) is 1.87. The van der Waals surface area contributed by atoms with Gasteiger partial charge in [0.1, 0.15) is 5.75 Å². The third-order valence-electron chi connectivity index (χ3n) is 2.35. The van der Waals surface area contributed by atoms with Crippen LogP contribution in [0.3, 0.4) is 0 Å². The standard InChI is InChI=1S/C14H18BrNO2/c1-4-16(9-11(2)3)14(17)10-18-13-7-5-6-12(15)8-13/h5-8H,2,4,9-10H2,1,3H3. The maximum absolute atomic E-state index is 11.9. The summed E-state index contributed by atoms with van der Waals surface area (Å²) in [5.74, 6) is 0.657. The number of benzene rings is 1. The zero-order chi connectivity index (χ0) is 13.5. The van der Waals surface area contributed by atoms with Gasteiger partial charge in [-0.2, -0.15) is 0 Å². The fraction of sp³-hybridized carbons (Fsp3) is 0.357. The van der Waals surface area contributed by atoms with Crippen molar-refractivity contribution in [2.45, 2.75) is 13.8 Å². The van der Waals surface area contributed by atoms with Crippen LogP contribution < -0.4 is 4.74 Å². The van der Waals surface area contributed by atoms with Crippen molar-refractivity contribution in [3.05, 3.63) is 40.9 Å². The SMILES string of the molecule is C=C(C)CN(CC)C(=O)COc1cccc(Br)c1. The fourth-order valence-electron chi connectivity index (χ4n) is 1.50. The summed E-state index contributed by atoms with van der Waals surface area (Å²) in [6.45, 7) is 8.96. The van der Waals surface area contributed by atoms with Crippen LogP contribution >= 0.6 is 15.9 Å². The number of ether oxygens (including phenoxy) is 1. The van der Waals surface area contributed by atoms with Crippen LogP contribution in [0.2, 0.25) is 0 Å². The Morgan fingerprint density at radius 3 is 2.78 bits per heavy atom. The third-order valence-corrected chi connectivity index (χ3v) is 2.85. The molecule has 3 nitrogen and oxygen atoms in total. The van der Waals surface area contributed by atoms with Gasteiger partial charge in [-0.3, -0.25) is 4.79 Å². The van der Waals surface area contributed by atoms with E-state index in [4.69, 9.17) is 4.74 Å². The lowest BCUT2D eigenvalue weighted by atomic mass is 10.3. The van der Waals surface area contributed by atoms with Gasteiger partial charge >= 0.3 is 0 Å². The van der Waals surface area contributed by atoms with E-state index in [1.807, 2.05) is 38.1 Å². The van der Waals surface area contributed by atoms with Gasteiger partial charge in [0.25, 0.3) is 5.91 Å². The van der Waals surface area contributed by atoms with Gasteiger partial charge in [0.05, 0.1) is 0 Å². The number of halogens is 1. The van der Waals surface area contributed by atoms with Gasteiger partial charge in [-0.05, 0) is 32.0 Å². The Bertz CT molecular complexity index is 432. The topological polar surface area (TPSA) is 29.5 Å². The molecule has 4 heteroatoms. The molecule has 18 heavy (non-hydrogen) atoms. The molecule has 0 saturated carbocycles. The maximum atomic E-state index is 11.9. The lowest BCUT2D eigenvalue weighted by Crippen LogP contribution is -2.35. The predicted octanol–water partition coefficient (Wildman–Crippen LogP) is 3.25. The smallest absolute Gasteiger partial charge is 0.260 e. The summed E-state index contributed by atoms with van der Waals surface area (Å²) in [6.07, 6.45) is 0. The van der Waals surface area contributed by atoms with E-state index < -0.39 is 0 Å². The highest BCUT2D eigenvalue weighted by molar-refractivity contribution is 9.10. The Kier molecular flexibility index (Phi) is 5.92. The van der Waals surface area contributed by atoms with Gasteiger partial charge in [-0.15, -0.1) is 0 Å². The number of hydrogen-bond donors (Lipinski definition) is 0. The predicted molar refractivity (Wildman–Crippen MR) is 76.7 cm³/mol. The molecule has 0 unspecified atom stereocenters. The number of carbonyl (C=O) groups is 1. The van der Waals surface area contributed by atoms with Gasteiger partial charge < -0.3 is 9.64 Å². The summed E-state index contributed by atoms with van der Waals surface area (Å²) in [5.41, 5.74) is 0.965. The minimum Gasteiger partial charge on any atom is -0.484 e. The molecule has 0 aliphatic heterocycles. The highest BCUT2D eigenvalue weighted by atomic mass is 79.9. The molecule has 0 atom stereocenters. The molecule has 0 N–H and O–H groups in total. The van der Waals surface area contributed by atoms with Gasteiger partial charge in [0.2, 0.25) is 0 Å². The quantitative estimate of drug-likeness (QED) is 0.755. The molecule has 0 heterocycles. The number of hydrogen-bond acceptors (Lipinski definition) is 2. The monoisotopic (exact) mass is 311 g/mol. The van der Waals surface area contributed by atoms with Gasteiger partial charge in [0.15, 0.2) is 6.61 Å². The molecule has 0 bridgehead atoms. The average Bonchev–Trinajstić information content (AvgIpc) is 2.33. The van der Waals surface area contributed by atoms with E-state index in [1.165, 1.54) is 0 Å². The number of carbonyl (C=O) groups excluding carboxylic acids is 1. The molecule has 1 rings (SSSR count). The lowest BCUT2D eigenvalue weighted by molar-refractivity contribution is -0.132. The van der Waals surface area contributed by atoms with Crippen LogP contribution in [0.5, 0.6) is 5.75 Å². The Labute approximate surface area is 117 Å². The van der Waals surface area contributed by atoms with Crippen molar-refractivity contribution in [3.63, 3.8) is 0 Å². The van der Waals surface area contributed by atoms with E-state index in [0.29, 0.717) is 18.8 Å². The third kappa shape index (κ3) is 4.92. The Hall–Kier alpha value is -1.29. The normalized spacial score (nSPS) is 9.94. The largest absolute Gasteiger partial charge is 0.484 e. The molecule has 0 fully saturated rings. The van der Waals surface area contributed by atoms with Gasteiger partial charge in [-0.25, -0.2) is 0 Å². The van der Waals surface area contributed by atoms with Crippen molar-refractivity contribution >= 4 is 21.8 Å². The highest BCUT2D eigenvalue weighted by Crippen LogP contribution is 2.17. The molecule has 0 aliphatic rings.